The monoisotopic (exact) mass is 240 g/mol. The highest BCUT2D eigenvalue weighted by atomic mass is 16.5. The third-order valence-electron chi connectivity index (χ3n) is 4.75. The number of likely N-dealkylation sites (tertiary alicyclic amines) is 1. The Morgan fingerprint density at radius 3 is 2.65 bits per heavy atom. The minimum absolute atomic E-state index is 0.564. The van der Waals surface area contributed by atoms with Crippen LogP contribution in [-0.4, -0.2) is 51.3 Å². The number of rotatable bonds is 5. The largest absolute Gasteiger partial charge is 0.384 e. The molecule has 0 radical (unpaired) electrons. The molecule has 2 saturated heterocycles. The smallest absolute Gasteiger partial charge is 0.0491 e. The summed E-state index contributed by atoms with van der Waals surface area (Å²) in [6.45, 7) is 9.59. The number of ether oxygens (including phenoxy) is 1. The van der Waals surface area contributed by atoms with E-state index in [2.05, 4.69) is 17.1 Å². The summed E-state index contributed by atoms with van der Waals surface area (Å²) < 4.78 is 5.26. The van der Waals surface area contributed by atoms with Gasteiger partial charge in [-0.3, -0.25) is 0 Å². The Labute approximate surface area is 106 Å². The molecule has 2 aliphatic rings. The van der Waals surface area contributed by atoms with Crippen molar-refractivity contribution in [1.29, 1.82) is 0 Å². The second-order valence-corrected chi connectivity index (χ2v) is 5.96. The maximum atomic E-state index is 5.26. The van der Waals surface area contributed by atoms with Crippen molar-refractivity contribution in [1.82, 2.24) is 10.2 Å². The number of hydrogen-bond donors (Lipinski definition) is 1. The van der Waals surface area contributed by atoms with Crippen molar-refractivity contribution in [2.45, 2.75) is 32.6 Å². The van der Waals surface area contributed by atoms with Crippen LogP contribution in [-0.2, 0) is 4.74 Å². The molecule has 2 fully saturated rings. The molecule has 0 amide bonds. The van der Waals surface area contributed by atoms with E-state index >= 15 is 0 Å². The van der Waals surface area contributed by atoms with Crippen LogP contribution in [0.15, 0.2) is 0 Å². The Kier molecular flexibility index (Phi) is 4.83. The Morgan fingerprint density at radius 2 is 2.12 bits per heavy atom. The zero-order valence-electron chi connectivity index (χ0n) is 11.5. The number of nitrogens with zero attached hydrogens (tertiary/aromatic N) is 1. The minimum Gasteiger partial charge on any atom is -0.384 e. The molecule has 3 heteroatoms. The van der Waals surface area contributed by atoms with Gasteiger partial charge in [0.15, 0.2) is 0 Å². The van der Waals surface area contributed by atoms with Gasteiger partial charge in [-0.05, 0) is 56.7 Å². The van der Waals surface area contributed by atoms with Crippen molar-refractivity contribution in [2.24, 2.45) is 11.3 Å². The second-order valence-electron chi connectivity index (χ2n) is 5.96. The molecular weight excluding hydrogens is 212 g/mol. The topological polar surface area (TPSA) is 24.5 Å². The van der Waals surface area contributed by atoms with Gasteiger partial charge < -0.3 is 15.0 Å². The highest BCUT2D eigenvalue weighted by Crippen LogP contribution is 2.31. The van der Waals surface area contributed by atoms with Gasteiger partial charge in [0.25, 0.3) is 0 Å². The summed E-state index contributed by atoms with van der Waals surface area (Å²) in [5, 5.41) is 3.54. The van der Waals surface area contributed by atoms with Crippen LogP contribution >= 0.6 is 0 Å². The molecule has 1 atom stereocenters. The predicted octanol–water partition coefficient (Wildman–Crippen LogP) is 1.73. The number of methoxy groups -OCH3 is 1. The fourth-order valence-electron chi connectivity index (χ4n) is 3.37. The van der Waals surface area contributed by atoms with Crippen LogP contribution in [0.5, 0.6) is 0 Å². The van der Waals surface area contributed by atoms with Gasteiger partial charge in [0.2, 0.25) is 0 Å². The molecule has 2 aliphatic heterocycles. The molecule has 0 spiro atoms. The van der Waals surface area contributed by atoms with E-state index in [1.165, 1.54) is 58.4 Å². The molecule has 0 saturated carbocycles. The quantitative estimate of drug-likeness (QED) is 0.792. The number of nitrogens with one attached hydrogen (secondary N) is 1. The Bertz CT molecular complexity index is 218. The number of piperidine rings is 1. The zero-order valence-corrected chi connectivity index (χ0v) is 11.5. The predicted molar refractivity (Wildman–Crippen MR) is 71.3 cm³/mol. The summed E-state index contributed by atoms with van der Waals surface area (Å²) in [5.74, 6) is 0.801. The van der Waals surface area contributed by atoms with Gasteiger partial charge in [-0.1, -0.05) is 6.92 Å². The van der Waals surface area contributed by atoms with Crippen molar-refractivity contribution in [3.05, 3.63) is 0 Å². The normalized spacial score (nSPS) is 32.1. The average molecular weight is 240 g/mol. The summed E-state index contributed by atoms with van der Waals surface area (Å²) in [7, 11) is 1.82. The molecular formula is C14H28N2O. The van der Waals surface area contributed by atoms with Crippen molar-refractivity contribution in [3.63, 3.8) is 0 Å². The first-order chi connectivity index (χ1) is 8.28. The SMILES string of the molecule is CCC1(CN2CCC(COC)CC2)CCNC1. The molecule has 100 valence electrons. The second kappa shape index (κ2) is 6.17. The molecule has 0 aromatic heterocycles. The molecule has 2 rings (SSSR count). The van der Waals surface area contributed by atoms with Crippen LogP contribution in [0.4, 0.5) is 0 Å². The molecule has 0 aromatic rings. The lowest BCUT2D eigenvalue weighted by molar-refractivity contribution is 0.0763. The van der Waals surface area contributed by atoms with Gasteiger partial charge in [0.05, 0.1) is 0 Å². The van der Waals surface area contributed by atoms with Crippen molar-refractivity contribution in [3.8, 4) is 0 Å². The van der Waals surface area contributed by atoms with Crippen molar-refractivity contribution in [2.75, 3.05) is 46.4 Å². The summed E-state index contributed by atoms with van der Waals surface area (Å²) in [6, 6.07) is 0. The highest BCUT2D eigenvalue weighted by Gasteiger charge is 2.34. The standard InChI is InChI=1S/C14H28N2O/c1-3-14(6-7-15-11-14)12-16-8-4-13(5-9-16)10-17-2/h13,15H,3-12H2,1-2H3. The Hall–Kier alpha value is -0.120. The summed E-state index contributed by atoms with van der Waals surface area (Å²) >= 11 is 0. The van der Waals surface area contributed by atoms with Gasteiger partial charge in [-0.2, -0.15) is 0 Å². The van der Waals surface area contributed by atoms with E-state index in [0.29, 0.717) is 5.41 Å². The van der Waals surface area contributed by atoms with E-state index in [9.17, 15) is 0 Å². The van der Waals surface area contributed by atoms with Gasteiger partial charge in [-0.25, -0.2) is 0 Å². The minimum atomic E-state index is 0.564. The average Bonchev–Trinajstić information content (AvgIpc) is 2.81. The van der Waals surface area contributed by atoms with E-state index in [0.717, 1.165) is 12.5 Å². The first-order valence-electron chi connectivity index (χ1n) is 7.20. The first-order valence-corrected chi connectivity index (χ1v) is 7.20. The highest BCUT2D eigenvalue weighted by molar-refractivity contribution is 4.90. The van der Waals surface area contributed by atoms with E-state index in [4.69, 9.17) is 4.74 Å². The molecule has 17 heavy (non-hydrogen) atoms. The maximum Gasteiger partial charge on any atom is 0.0491 e. The maximum absolute atomic E-state index is 5.26. The molecule has 0 aromatic carbocycles. The van der Waals surface area contributed by atoms with Crippen LogP contribution in [0.1, 0.15) is 32.6 Å². The Morgan fingerprint density at radius 1 is 1.35 bits per heavy atom. The van der Waals surface area contributed by atoms with Crippen molar-refractivity contribution >= 4 is 0 Å². The first kappa shape index (κ1) is 13.3. The number of hydrogen-bond acceptors (Lipinski definition) is 3. The molecule has 0 aliphatic carbocycles. The lowest BCUT2D eigenvalue weighted by Crippen LogP contribution is -2.43. The van der Waals surface area contributed by atoms with Gasteiger partial charge in [-0.15, -0.1) is 0 Å². The molecule has 1 N–H and O–H groups in total. The lowest BCUT2D eigenvalue weighted by atomic mass is 9.83. The van der Waals surface area contributed by atoms with Gasteiger partial charge in [0.1, 0.15) is 0 Å². The van der Waals surface area contributed by atoms with E-state index in [1.807, 2.05) is 7.11 Å². The summed E-state index contributed by atoms with van der Waals surface area (Å²) in [4.78, 5) is 2.68. The van der Waals surface area contributed by atoms with Crippen LogP contribution in [0.3, 0.4) is 0 Å². The van der Waals surface area contributed by atoms with Crippen LogP contribution in [0.25, 0.3) is 0 Å². The van der Waals surface area contributed by atoms with Gasteiger partial charge >= 0.3 is 0 Å². The van der Waals surface area contributed by atoms with E-state index in [1.54, 1.807) is 0 Å². The molecule has 2 heterocycles. The third-order valence-corrected chi connectivity index (χ3v) is 4.75. The fourth-order valence-corrected chi connectivity index (χ4v) is 3.37. The summed E-state index contributed by atoms with van der Waals surface area (Å²) in [5.41, 5.74) is 0.564. The third kappa shape index (κ3) is 3.43. The molecule has 0 bridgehead atoms. The fraction of sp³-hybridized carbons (Fsp3) is 1.00. The zero-order chi connectivity index (χ0) is 12.1. The molecule has 1 unspecified atom stereocenters. The van der Waals surface area contributed by atoms with Crippen LogP contribution in [0.2, 0.25) is 0 Å². The van der Waals surface area contributed by atoms with Crippen molar-refractivity contribution < 1.29 is 4.74 Å². The van der Waals surface area contributed by atoms with Gasteiger partial charge in [0, 0.05) is 26.8 Å². The van der Waals surface area contributed by atoms with Crippen LogP contribution < -0.4 is 5.32 Å². The Balaban J connectivity index is 1.77. The van der Waals surface area contributed by atoms with Crippen LogP contribution in [0, 0.1) is 11.3 Å². The lowest BCUT2D eigenvalue weighted by Gasteiger charge is -2.38. The van der Waals surface area contributed by atoms with E-state index in [-0.39, 0.29) is 0 Å². The summed E-state index contributed by atoms with van der Waals surface area (Å²) in [6.07, 6.45) is 5.32. The van der Waals surface area contributed by atoms with E-state index < -0.39 is 0 Å². The molecule has 3 nitrogen and oxygen atoms in total.